The van der Waals surface area contributed by atoms with E-state index in [9.17, 15) is 17.8 Å². The lowest BCUT2D eigenvalue weighted by Gasteiger charge is -2.28. The molecule has 2 N–H and O–H groups in total. The predicted molar refractivity (Wildman–Crippen MR) is 168 cm³/mol. The topological polar surface area (TPSA) is 81.2 Å². The van der Waals surface area contributed by atoms with Crippen LogP contribution in [0.1, 0.15) is 61.5 Å². The maximum absolute atomic E-state index is 14.3. The molecular formula is C33H37ClF2N4O2S. The summed E-state index contributed by atoms with van der Waals surface area (Å²) in [5.41, 5.74) is 2.58. The van der Waals surface area contributed by atoms with Gasteiger partial charge in [-0.3, -0.25) is 4.79 Å². The van der Waals surface area contributed by atoms with Crippen molar-refractivity contribution in [3.8, 4) is 0 Å². The number of nitrogens with two attached hydrogens (primary N) is 1. The molecule has 228 valence electrons. The van der Waals surface area contributed by atoms with Crippen molar-refractivity contribution >= 4 is 34.2 Å². The average molecular weight is 627 g/mol. The maximum atomic E-state index is 14.3. The van der Waals surface area contributed by atoms with E-state index in [1.165, 1.54) is 11.6 Å². The molecule has 2 aliphatic rings. The number of imidazole rings is 1. The molecule has 1 amide bonds. The molecule has 3 aromatic carbocycles. The zero-order chi connectivity index (χ0) is 31.1. The molecule has 0 radical (unpaired) electrons. The molecule has 6 nitrogen and oxygen atoms in total. The van der Waals surface area contributed by atoms with E-state index in [0.29, 0.717) is 40.6 Å². The van der Waals surface area contributed by atoms with Gasteiger partial charge >= 0.3 is 0 Å². The van der Waals surface area contributed by atoms with Crippen molar-refractivity contribution in [2.24, 2.45) is 18.1 Å². The van der Waals surface area contributed by atoms with E-state index in [1.807, 2.05) is 49.9 Å². The highest BCUT2D eigenvalue weighted by Gasteiger charge is 2.46. The monoisotopic (exact) mass is 626 g/mol. The lowest BCUT2D eigenvalue weighted by Crippen LogP contribution is -2.33. The van der Waals surface area contributed by atoms with Crippen LogP contribution in [0.4, 0.5) is 14.5 Å². The average Bonchev–Trinajstić information content (AvgIpc) is 3.71. The number of fused-ring (bicyclic) bond motifs is 1. The van der Waals surface area contributed by atoms with Crippen LogP contribution in [0, 0.1) is 5.92 Å². The van der Waals surface area contributed by atoms with Crippen molar-refractivity contribution in [1.29, 1.82) is 0 Å². The molecule has 0 aliphatic heterocycles. The van der Waals surface area contributed by atoms with Crippen molar-refractivity contribution in [2.75, 3.05) is 4.90 Å². The van der Waals surface area contributed by atoms with E-state index in [1.54, 1.807) is 47.5 Å². The fourth-order valence-electron chi connectivity index (χ4n) is 5.26. The van der Waals surface area contributed by atoms with Crippen molar-refractivity contribution < 1.29 is 17.8 Å². The summed E-state index contributed by atoms with van der Waals surface area (Å²) < 4.78 is 41.2. The van der Waals surface area contributed by atoms with E-state index in [0.717, 1.165) is 12.2 Å². The first-order chi connectivity index (χ1) is 20.6. The number of hydrogen-bond donors (Lipinski definition) is 1. The first-order valence-electron chi connectivity index (χ1n) is 14.4. The number of amides is 1. The largest absolute Gasteiger partial charge is 0.337 e. The molecule has 2 aliphatic carbocycles. The van der Waals surface area contributed by atoms with Crippen LogP contribution in [0.2, 0.25) is 5.02 Å². The molecule has 43 heavy (non-hydrogen) atoms. The summed E-state index contributed by atoms with van der Waals surface area (Å²) in [4.78, 5) is 20.2. The second-order valence-electron chi connectivity index (χ2n) is 10.4. The number of halogens is 3. The molecule has 0 spiro atoms. The van der Waals surface area contributed by atoms with E-state index >= 15 is 0 Å². The highest BCUT2D eigenvalue weighted by Crippen LogP contribution is 2.49. The highest BCUT2D eigenvalue weighted by molar-refractivity contribution is 7.82. The van der Waals surface area contributed by atoms with Crippen LogP contribution in [-0.4, -0.2) is 19.7 Å². The number of benzene rings is 3. The Kier molecular flexibility index (Phi) is 10.9. The minimum atomic E-state index is -2.80. The van der Waals surface area contributed by atoms with Crippen LogP contribution in [0.5, 0.6) is 0 Å². The number of carbonyl (C=O) groups excluding carboxylic acids is 1. The van der Waals surface area contributed by atoms with Gasteiger partial charge in [-0.05, 0) is 66.6 Å². The summed E-state index contributed by atoms with van der Waals surface area (Å²) in [5.74, 6) is -1.90. The number of rotatable bonds is 6. The first-order valence-corrected chi connectivity index (χ1v) is 16.0. The summed E-state index contributed by atoms with van der Waals surface area (Å²) in [6, 6.07) is 21.7. The van der Waals surface area contributed by atoms with Crippen molar-refractivity contribution in [1.82, 2.24) is 9.55 Å². The van der Waals surface area contributed by atoms with Gasteiger partial charge in [0, 0.05) is 48.1 Å². The van der Waals surface area contributed by atoms with Crippen LogP contribution in [0.15, 0.2) is 90.1 Å². The van der Waals surface area contributed by atoms with E-state index in [4.69, 9.17) is 16.7 Å². The van der Waals surface area contributed by atoms with Crippen LogP contribution in [0.3, 0.4) is 0 Å². The second kappa shape index (κ2) is 14.4. The Morgan fingerprint density at radius 2 is 1.86 bits per heavy atom. The molecule has 6 rings (SSSR count). The van der Waals surface area contributed by atoms with E-state index in [-0.39, 0.29) is 29.7 Å². The third kappa shape index (κ3) is 7.96. The molecular weight excluding hydrogens is 590 g/mol. The number of nitrogens with zero attached hydrogens (tertiary/aromatic N) is 3. The molecule has 1 saturated carbocycles. The van der Waals surface area contributed by atoms with Crippen molar-refractivity contribution in [3.05, 3.63) is 113 Å². The minimum absolute atomic E-state index is 0.0272. The van der Waals surface area contributed by atoms with Crippen LogP contribution >= 0.6 is 11.6 Å². The Labute approximate surface area is 259 Å². The fourth-order valence-corrected chi connectivity index (χ4v) is 5.97. The quantitative estimate of drug-likeness (QED) is 0.240. The standard InChI is InChI=1S/C25H25F2N3O.C6H6ClNOS.C2H6/c1-29-13-12-28-23(29)16-30(24(31)21-15-20(21)17-6-3-2-4-7-17)19-9-10-22-18(14-19)8-5-11-25(22,26)27;7-5-2-1-3-6(4-5)10(8)9;1-2/h2-4,6-7,9-10,12-14,20-21H,5,8,11,15-16H2,1H3;1-4H,8H2;1-2H3. The lowest BCUT2D eigenvalue weighted by molar-refractivity contribution is -0.120. The van der Waals surface area contributed by atoms with E-state index in [2.05, 4.69) is 17.1 Å². The number of aryl methyl sites for hydroxylation is 2. The van der Waals surface area contributed by atoms with Crippen LogP contribution in [-0.2, 0) is 41.7 Å². The zero-order valence-corrected chi connectivity index (χ0v) is 26.1. The molecule has 1 aromatic heterocycles. The number of hydrogen-bond acceptors (Lipinski definition) is 3. The molecule has 0 bridgehead atoms. The van der Waals surface area contributed by atoms with Gasteiger partial charge in [-0.2, -0.15) is 0 Å². The van der Waals surface area contributed by atoms with Crippen LogP contribution < -0.4 is 10.0 Å². The third-order valence-corrected chi connectivity index (χ3v) is 8.54. The third-order valence-electron chi connectivity index (χ3n) is 7.58. The van der Waals surface area contributed by atoms with Gasteiger partial charge in [0.2, 0.25) is 5.91 Å². The molecule has 4 aromatic rings. The lowest BCUT2D eigenvalue weighted by atomic mass is 9.88. The zero-order valence-electron chi connectivity index (χ0n) is 24.6. The Hall–Kier alpha value is -3.40. The molecule has 10 heteroatoms. The summed E-state index contributed by atoms with van der Waals surface area (Å²) in [5, 5.41) is 5.65. The molecule has 1 fully saturated rings. The maximum Gasteiger partial charge on any atom is 0.273 e. The van der Waals surface area contributed by atoms with Gasteiger partial charge in [0.15, 0.2) is 0 Å². The smallest absolute Gasteiger partial charge is 0.273 e. The summed E-state index contributed by atoms with van der Waals surface area (Å²) in [7, 11) is 0.467. The minimum Gasteiger partial charge on any atom is -0.337 e. The normalized spacial score (nSPS) is 18.6. The van der Waals surface area contributed by atoms with Gasteiger partial charge in [-0.15, -0.1) is 0 Å². The van der Waals surface area contributed by atoms with Crippen molar-refractivity contribution in [3.63, 3.8) is 0 Å². The second-order valence-corrected chi connectivity index (χ2v) is 11.9. The van der Waals surface area contributed by atoms with Crippen LogP contribution in [0.25, 0.3) is 0 Å². The first kappa shape index (κ1) is 32.5. The Morgan fingerprint density at radius 1 is 1.12 bits per heavy atom. The Balaban J connectivity index is 0.000000298. The number of anilines is 1. The fraction of sp³-hybridized carbons (Fsp3) is 0.333. The van der Waals surface area contributed by atoms with Gasteiger partial charge in [0.25, 0.3) is 5.92 Å². The number of alkyl halides is 2. The predicted octanol–water partition coefficient (Wildman–Crippen LogP) is 7.53. The van der Waals surface area contributed by atoms with Gasteiger partial charge in [-0.25, -0.2) is 23.1 Å². The number of aromatic nitrogens is 2. The Morgan fingerprint density at radius 3 is 2.49 bits per heavy atom. The van der Waals surface area contributed by atoms with E-state index < -0.39 is 16.9 Å². The Bertz CT molecular complexity index is 1560. The molecule has 3 atom stereocenters. The summed E-state index contributed by atoms with van der Waals surface area (Å²) >= 11 is 5.60. The van der Waals surface area contributed by atoms with Gasteiger partial charge < -0.3 is 9.47 Å². The summed E-state index contributed by atoms with van der Waals surface area (Å²) in [6.07, 6.45) is 5.30. The van der Waals surface area contributed by atoms with Gasteiger partial charge in [0.1, 0.15) is 16.8 Å². The number of carbonyl (C=O) groups is 1. The SMILES string of the molecule is CC.Cn1ccnc1CN(C(=O)C1CC1c1ccccc1)c1ccc2c(c1)CCCC2(F)F.NS(=O)c1cccc(Cl)c1. The van der Waals surface area contributed by atoms with Crippen molar-refractivity contribution in [2.45, 2.75) is 62.8 Å². The highest BCUT2D eigenvalue weighted by atomic mass is 35.5. The molecule has 1 heterocycles. The molecule has 3 unspecified atom stereocenters. The van der Waals surface area contributed by atoms with Gasteiger partial charge in [-0.1, -0.05) is 67.9 Å². The molecule has 0 saturated heterocycles. The summed E-state index contributed by atoms with van der Waals surface area (Å²) in [6.45, 7) is 4.32. The van der Waals surface area contributed by atoms with Gasteiger partial charge in [0.05, 0.1) is 11.4 Å².